The van der Waals surface area contributed by atoms with Gasteiger partial charge in [0.2, 0.25) is 0 Å². The summed E-state index contributed by atoms with van der Waals surface area (Å²) >= 11 is 0. The molecular formula is C17H19N5O3. The number of hydrogen-bond acceptors (Lipinski definition) is 6. The Labute approximate surface area is 144 Å². The SMILES string of the molecule is CO[C@@H]1C[C@@H](c2n[nH]c(C)n2)N(C(=O)c2cc3nc(C)ccc3o2)C1. The van der Waals surface area contributed by atoms with E-state index in [0.29, 0.717) is 35.7 Å². The highest BCUT2D eigenvalue weighted by atomic mass is 16.5. The predicted molar refractivity (Wildman–Crippen MR) is 89.1 cm³/mol. The maximum absolute atomic E-state index is 13.0. The molecule has 4 heterocycles. The molecule has 2 atom stereocenters. The highest BCUT2D eigenvalue weighted by Gasteiger charge is 2.40. The van der Waals surface area contributed by atoms with E-state index < -0.39 is 0 Å². The zero-order chi connectivity index (χ0) is 17.6. The number of fused-ring (bicyclic) bond motifs is 1. The number of furan rings is 1. The lowest BCUT2D eigenvalue weighted by Gasteiger charge is -2.20. The Kier molecular flexibility index (Phi) is 3.76. The predicted octanol–water partition coefficient (Wildman–Crippen LogP) is 2.16. The lowest BCUT2D eigenvalue weighted by atomic mass is 10.2. The first-order valence-corrected chi connectivity index (χ1v) is 8.15. The van der Waals surface area contributed by atoms with Crippen molar-refractivity contribution in [1.29, 1.82) is 0 Å². The number of pyridine rings is 1. The summed E-state index contributed by atoms with van der Waals surface area (Å²) in [7, 11) is 1.65. The summed E-state index contributed by atoms with van der Waals surface area (Å²) in [4.78, 5) is 23.5. The van der Waals surface area contributed by atoms with Gasteiger partial charge in [-0.15, -0.1) is 0 Å². The number of rotatable bonds is 3. The van der Waals surface area contributed by atoms with Crippen molar-refractivity contribution in [3.8, 4) is 0 Å². The van der Waals surface area contributed by atoms with Crippen LogP contribution in [0.4, 0.5) is 0 Å². The molecule has 25 heavy (non-hydrogen) atoms. The van der Waals surface area contributed by atoms with Crippen LogP contribution in [0.5, 0.6) is 0 Å². The van der Waals surface area contributed by atoms with Crippen molar-refractivity contribution in [3.63, 3.8) is 0 Å². The summed E-state index contributed by atoms with van der Waals surface area (Å²) in [6.45, 7) is 4.20. The number of H-pyrrole nitrogens is 1. The van der Waals surface area contributed by atoms with Crippen molar-refractivity contribution in [2.45, 2.75) is 32.4 Å². The van der Waals surface area contributed by atoms with Gasteiger partial charge in [-0.1, -0.05) is 0 Å². The molecule has 1 amide bonds. The van der Waals surface area contributed by atoms with E-state index in [1.165, 1.54) is 0 Å². The number of amides is 1. The van der Waals surface area contributed by atoms with E-state index in [9.17, 15) is 4.79 Å². The second-order valence-corrected chi connectivity index (χ2v) is 6.29. The fourth-order valence-electron chi connectivity index (χ4n) is 3.22. The van der Waals surface area contributed by atoms with E-state index in [2.05, 4.69) is 20.2 Å². The number of methoxy groups -OCH3 is 1. The third-order valence-electron chi connectivity index (χ3n) is 4.49. The molecule has 3 aromatic rings. The van der Waals surface area contributed by atoms with Crippen LogP contribution in [0.15, 0.2) is 22.6 Å². The van der Waals surface area contributed by atoms with Gasteiger partial charge in [0.15, 0.2) is 17.2 Å². The average Bonchev–Trinajstić information content (AvgIpc) is 3.30. The number of aromatic nitrogens is 4. The molecule has 0 aliphatic carbocycles. The van der Waals surface area contributed by atoms with Gasteiger partial charge in [-0.2, -0.15) is 5.10 Å². The molecule has 0 unspecified atom stereocenters. The Balaban J connectivity index is 1.68. The van der Waals surface area contributed by atoms with Gasteiger partial charge in [0.05, 0.1) is 12.1 Å². The van der Waals surface area contributed by atoms with Crippen molar-refractivity contribution in [3.05, 3.63) is 41.3 Å². The molecule has 1 saturated heterocycles. The monoisotopic (exact) mass is 341 g/mol. The molecule has 1 aliphatic heterocycles. The molecule has 4 rings (SSSR count). The lowest BCUT2D eigenvalue weighted by molar-refractivity contribution is 0.0656. The first-order chi connectivity index (χ1) is 12.0. The lowest BCUT2D eigenvalue weighted by Crippen LogP contribution is -2.32. The van der Waals surface area contributed by atoms with Gasteiger partial charge in [-0.25, -0.2) is 9.97 Å². The van der Waals surface area contributed by atoms with E-state index in [1.807, 2.05) is 26.0 Å². The van der Waals surface area contributed by atoms with Crippen molar-refractivity contribution in [2.75, 3.05) is 13.7 Å². The third-order valence-corrected chi connectivity index (χ3v) is 4.49. The molecule has 0 bridgehead atoms. The number of carbonyl (C=O) groups excluding carboxylic acids is 1. The van der Waals surface area contributed by atoms with Gasteiger partial charge >= 0.3 is 0 Å². The molecular weight excluding hydrogens is 322 g/mol. The summed E-state index contributed by atoms with van der Waals surface area (Å²) < 4.78 is 11.2. The largest absolute Gasteiger partial charge is 0.449 e. The molecule has 0 radical (unpaired) electrons. The molecule has 0 spiro atoms. The Bertz CT molecular complexity index is 931. The zero-order valence-corrected chi connectivity index (χ0v) is 14.3. The first-order valence-electron chi connectivity index (χ1n) is 8.15. The number of carbonyl (C=O) groups is 1. The van der Waals surface area contributed by atoms with Crippen LogP contribution < -0.4 is 0 Å². The van der Waals surface area contributed by atoms with Gasteiger partial charge in [-0.3, -0.25) is 9.89 Å². The molecule has 8 heteroatoms. The third kappa shape index (κ3) is 2.78. The summed E-state index contributed by atoms with van der Waals surface area (Å²) in [5.41, 5.74) is 2.15. The normalized spacial score (nSPS) is 20.5. The Hall–Kier alpha value is -2.74. The van der Waals surface area contributed by atoms with E-state index >= 15 is 0 Å². The van der Waals surface area contributed by atoms with Crippen LogP contribution in [0, 0.1) is 13.8 Å². The molecule has 3 aromatic heterocycles. The van der Waals surface area contributed by atoms with Crippen LogP contribution in [0.2, 0.25) is 0 Å². The molecule has 1 aliphatic rings. The number of aromatic amines is 1. The van der Waals surface area contributed by atoms with Crippen molar-refractivity contribution in [1.82, 2.24) is 25.1 Å². The minimum atomic E-state index is -0.245. The van der Waals surface area contributed by atoms with Crippen LogP contribution in [0.1, 0.15) is 40.4 Å². The number of nitrogens with zero attached hydrogens (tertiary/aromatic N) is 4. The van der Waals surface area contributed by atoms with E-state index in [0.717, 1.165) is 5.69 Å². The van der Waals surface area contributed by atoms with Gasteiger partial charge in [0.25, 0.3) is 5.91 Å². The quantitative estimate of drug-likeness (QED) is 0.784. The van der Waals surface area contributed by atoms with Crippen LogP contribution in [0.25, 0.3) is 11.1 Å². The number of ether oxygens (including phenoxy) is 1. The molecule has 0 aromatic carbocycles. The molecule has 1 N–H and O–H groups in total. The van der Waals surface area contributed by atoms with Crippen molar-refractivity contribution < 1.29 is 13.9 Å². The average molecular weight is 341 g/mol. The van der Waals surface area contributed by atoms with E-state index in [1.54, 1.807) is 18.1 Å². The molecule has 0 saturated carbocycles. The van der Waals surface area contributed by atoms with Gasteiger partial charge in [0, 0.05) is 31.8 Å². The Morgan fingerprint density at radius 2 is 2.20 bits per heavy atom. The smallest absolute Gasteiger partial charge is 0.290 e. The second kappa shape index (κ2) is 5.96. The maximum Gasteiger partial charge on any atom is 0.290 e. The summed E-state index contributed by atoms with van der Waals surface area (Å²) in [6.07, 6.45) is 0.592. The van der Waals surface area contributed by atoms with Crippen LogP contribution in [0.3, 0.4) is 0 Å². The molecule has 8 nitrogen and oxygen atoms in total. The highest BCUT2D eigenvalue weighted by molar-refractivity contribution is 5.95. The van der Waals surface area contributed by atoms with Crippen molar-refractivity contribution >= 4 is 17.0 Å². The minimum absolute atomic E-state index is 0.0579. The fourth-order valence-corrected chi connectivity index (χ4v) is 3.22. The Morgan fingerprint density at radius 3 is 2.92 bits per heavy atom. The van der Waals surface area contributed by atoms with E-state index in [4.69, 9.17) is 9.15 Å². The highest BCUT2D eigenvalue weighted by Crippen LogP contribution is 2.33. The van der Waals surface area contributed by atoms with Crippen LogP contribution >= 0.6 is 0 Å². The van der Waals surface area contributed by atoms with Gasteiger partial charge in [0.1, 0.15) is 11.3 Å². The summed E-state index contributed by atoms with van der Waals surface area (Å²) in [6, 6.07) is 5.12. The van der Waals surface area contributed by atoms with Crippen LogP contribution in [-0.2, 0) is 4.74 Å². The van der Waals surface area contributed by atoms with E-state index in [-0.39, 0.29) is 23.8 Å². The number of nitrogens with one attached hydrogen (secondary N) is 1. The van der Waals surface area contributed by atoms with Gasteiger partial charge in [-0.05, 0) is 26.0 Å². The first kappa shape index (κ1) is 15.8. The topological polar surface area (TPSA) is 97.1 Å². The standard InChI is InChI=1S/C17H19N5O3/c1-9-4-5-14-12(18-9)7-15(25-14)17(23)22-8-11(24-3)6-13(22)16-19-10(2)20-21-16/h4-5,7,11,13H,6,8H2,1-3H3,(H,19,20,21)/t11-,13+/m1/s1. The van der Waals surface area contributed by atoms with Gasteiger partial charge < -0.3 is 14.1 Å². The summed E-state index contributed by atoms with van der Waals surface area (Å²) in [5.74, 6) is 1.37. The summed E-state index contributed by atoms with van der Waals surface area (Å²) in [5, 5.41) is 7.05. The number of aryl methyl sites for hydroxylation is 2. The fraction of sp³-hybridized carbons (Fsp3) is 0.412. The van der Waals surface area contributed by atoms with Crippen molar-refractivity contribution in [2.24, 2.45) is 0 Å². The Morgan fingerprint density at radius 1 is 1.36 bits per heavy atom. The zero-order valence-electron chi connectivity index (χ0n) is 14.3. The number of hydrogen-bond donors (Lipinski definition) is 1. The molecule has 130 valence electrons. The maximum atomic E-state index is 13.0. The minimum Gasteiger partial charge on any atom is -0.449 e. The second-order valence-electron chi connectivity index (χ2n) is 6.29. The van der Waals surface area contributed by atoms with Crippen LogP contribution in [-0.4, -0.2) is 50.7 Å². The number of likely N-dealkylation sites (tertiary alicyclic amines) is 1. The molecule has 1 fully saturated rings.